The first-order valence-electron chi connectivity index (χ1n) is 7.29. The van der Waals surface area contributed by atoms with Crippen molar-refractivity contribution in [3.05, 3.63) is 0 Å². The fourth-order valence-corrected chi connectivity index (χ4v) is 1.82. The second kappa shape index (κ2) is 12.8. The molecule has 4 heteroatoms. The average molecular weight is 258 g/mol. The number of nitrogens with one attached hydrogen (secondary N) is 1. The van der Waals surface area contributed by atoms with Gasteiger partial charge in [-0.25, -0.2) is 0 Å². The maximum Gasteiger partial charge on any atom is 0.220 e. The summed E-state index contributed by atoms with van der Waals surface area (Å²) in [5, 5.41) is 2.89. The lowest BCUT2D eigenvalue weighted by Gasteiger charge is -2.13. The number of hydrogen-bond donors (Lipinski definition) is 2. The molecule has 108 valence electrons. The normalized spacial score (nSPS) is 12.4. The maximum absolute atomic E-state index is 11.6. The van der Waals surface area contributed by atoms with E-state index in [4.69, 9.17) is 10.5 Å². The molecule has 0 fully saturated rings. The smallest absolute Gasteiger partial charge is 0.220 e. The lowest BCUT2D eigenvalue weighted by molar-refractivity contribution is -0.121. The molecular formula is C14H30N2O2. The van der Waals surface area contributed by atoms with Gasteiger partial charge in [0.15, 0.2) is 0 Å². The Morgan fingerprint density at radius 1 is 1.28 bits per heavy atom. The van der Waals surface area contributed by atoms with Crippen LogP contribution in [0.4, 0.5) is 0 Å². The zero-order valence-electron chi connectivity index (χ0n) is 12.0. The molecule has 0 heterocycles. The molecule has 0 rings (SSSR count). The quantitative estimate of drug-likeness (QED) is 0.527. The average Bonchev–Trinajstić information content (AvgIpc) is 2.38. The standard InChI is InChI=1S/C14H30N2O2/c1-3-5-11-18-12-10-16-14(17)7-6-13(4-2)8-9-15/h13H,3-12,15H2,1-2H3,(H,16,17). The van der Waals surface area contributed by atoms with Crippen molar-refractivity contribution in [1.82, 2.24) is 5.32 Å². The van der Waals surface area contributed by atoms with Crippen LogP contribution in [0, 0.1) is 5.92 Å². The molecule has 0 saturated carbocycles. The third kappa shape index (κ3) is 10.5. The molecule has 0 radical (unpaired) electrons. The fraction of sp³-hybridized carbons (Fsp3) is 0.929. The summed E-state index contributed by atoms with van der Waals surface area (Å²) in [6.45, 7) is 7.03. The second-order valence-electron chi connectivity index (χ2n) is 4.71. The Balaban J connectivity index is 3.41. The molecule has 1 amide bonds. The molecule has 1 atom stereocenters. The van der Waals surface area contributed by atoms with Crippen LogP contribution in [0.5, 0.6) is 0 Å². The van der Waals surface area contributed by atoms with E-state index in [0.29, 0.717) is 32.0 Å². The van der Waals surface area contributed by atoms with Crippen LogP contribution in [-0.4, -0.2) is 32.2 Å². The van der Waals surface area contributed by atoms with Crippen LogP contribution in [0.2, 0.25) is 0 Å². The molecule has 0 saturated heterocycles. The summed E-state index contributed by atoms with van der Waals surface area (Å²) >= 11 is 0. The molecule has 0 aromatic carbocycles. The van der Waals surface area contributed by atoms with Gasteiger partial charge in [0.2, 0.25) is 5.91 Å². The van der Waals surface area contributed by atoms with Gasteiger partial charge in [-0.3, -0.25) is 4.79 Å². The lowest BCUT2D eigenvalue weighted by Crippen LogP contribution is -2.27. The summed E-state index contributed by atoms with van der Waals surface area (Å²) in [5.41, 5.74) is 5.53. The van der Waals surface area contributed by atoms with E-state index in [1.807, 2.05) is 0 Å². The molecule has 3 N–H and O–H groups in total. The number of carbonyl (C=O) groups excluding carboxylic acids is 1. The summed E-state index contributed by atoms with van der Waals surface area (Å²) in [6, 6.07) is 0. The van der Waals surface area contributed by atoms with Crippen LogP contribution >= 0.6 is 0 Å². The van der Waals surface area contributed by atoms with Crippen LogP contribution in [0.3, 0.4) is 0 Å². The summed E-state index contributed by atoms with van der Waals surface area (Å²) in [7, 11) is 0. The molecule has 0 bridgehead atoms. The molecule has 0 aromatic heterocycles. The molecule has 0 aromatic rings. The highest BCUT2D eigenvalue weighted by molar-refractivity contribution is 5.75. The highest BCUT2D eigenvalue weighted by Crippen LogP contribution is 2.14. The Hall–Kier alpha value is -0.610. The Labute approximate surface area is 112 Å². The molecule has 4 nitrogen and oxygen atoms in total. The van der Waals surface area contributed by atoms with Gasteiger partial charge in [0.1, 0.15) is 0 Å². The molecule has 0 aliphatic carbocycles. The van der Waals surface area contributed by atoms with E-state index in [9.17, 15) is 4.79 Å². The van der Waals surface area contributed by atoms with Crippen molar-refractivity contribution in [2.75, 3.05) is 26.3 Å². The van der Waals surface area contributed by atoms with Gasteiger partial charge in [-0.2, -0.15) is 0 Å². The van der Waals surface area contributed by atoms with E-state index in [1.165, 1.54) is 0 Å². The van der Waals surface area contributed by atoms with E-state index in [2.05, 4.69) is 19.2 Å². The number of ether oxygens (including phenoxy) is 1. The Kier molecular flexibility index (Phi) is 12.4. The lowest BCUT2D eigenvalue weighted by atomic mass is 9.96. The molecular weight excluding hydrogens is 228 g/mol. The van der Waals surface area contributed by atoms with Crippen LogP contribution in [0.15, 0.2) is 0 Å². The third-order valence-corrected chi connectivity index (χ3v) is 3.14. The Morgan fingerprint density at radius 2 is 2.06 bits per heavy atom. The van der Waals surface area contributed by atoms with Gasteiger partial charge in [0.05, 0.1) is 6.61 Å². The monoisotopic (exact) mass is 258 g/mol. The van der Waals surface area contributed by atoms with Gasteiger partial charge in [-0.05, 0) is 31.7 Å². The zero-order valence-corrected chi connectivity index (χ0v) is 12.0. The van der Waals surface area contributed by atoms with Gasteiger partial charge in [-0.1, -0.05) is 26.7 Å². The topological polar surface area (TPSA) is 64.3 Å². The van der Waals surface area contributed by atoms with Crippen molar-refractivity contribution in [2.24, 2.45) is 11.7 Å². The minimum Gasteiger partial charge on any atom is -0.380 e. The highest BCUT2D eigenvalue weighted by atomic mass is 16.5. The van der Waals surface area contributed by atoms with Crippen LogP contribution in [0.25, 0.3) is 0 Å². The Morgan fingerprint density at radius 3 is 2.67 bits per heavy atom. The largest absolute Gasteiger partial charge is 0.380 e. The van der Waals surface area contributed by atoms with Gasteiger partial charge in [-0.15, -0.1) is 0 Å². The summed E-state index contributed by atoms with van der Waals surface area (Å²) < 4.78 is 5.38. The molecule has 0 spiro atoms. The number of amides is 1. The minimum atomic E-state index is 0.129. The van der Waals surface area contributed by atoms with E-state index < -0.39 is 0 Å². The van der Waals surface area contributed by atoms with Crippen LogP contribution in [0.1, 0.15) is 52.4 Å². The SMILES string of the molecule is CCCCOCCNC(=O)CCC(CC)CCN. The minimum absolute atomic E-state index is 0.129. The van der Waals surface area contributed by atoms with Gasteiger partial charge < -0.3 is 15.8 Å². The number of unbranched alkanes of at least 4 members (excludes halogenated alkanes) is 1. The number of nitrogens with two attached hydrogens (primary N) is 1. The van der Waals surface area contributed by atoms with E-state index in [1.54, 1.807) is 0 Å². The Bertz CT molecular complexity index is 198. The number of rotatable bonds is 12. The molecule has 0 aliphatic rings. The van der Waals surface area contributed by atoms with Crippen molar-refractivity contribution in [3.63, 3.8) is 0 Å². The first-order valence-corrected chi connectivity index (χ1v) is 7.29. The fourth-order valence-electron chi connectivity index (χ4n) is 1.82. The third-order valence-electron chi connectivity index (χ3n) is 3.14. The summed E-state index contributed by atoms with van der Waals surface area (Å²) in [5.74, 6) is 0.714. The van der Waals surface area contributed by atoms with Crippen molar-refractivity contribution >= 4 is 5.91 Å². The van der Waals surface area contributed by atoms with Gasteiger partial charge in [0.25, 0.3) is 0 Å². The predicted molar refractivity (Wildman–Crippen MR) is 75.4 cm³/mol. The first kappa shape index (κ1) is 17.4. The number of hydrogen-bond acceptors (Lipinski definition) is 3. The predicted octanol–water partition coefficient (Wildman–Crippen LogP) is 2.07. The van der Waals surface area contributed by atoms with Gasteiger partial charge in [0, 0.05) is 19.6 Å². The first-order chi connectivity index (χ1) is 8.74. The molecule has 18 heavy (non-hydrogen) atoms. The van der Waals surface area contributed by atoms with Crippen molar-refractivity contribution in [1.29, 1.82) is 0 Å². The molecule has 0 aliphatic heterocycles. The highest BCUT2D eigenvalue weighted by Gasteiger charge is 2.08. The summed E-state index contributed by atoms with van der Waals surface area (Å²) in [6.07, 6.45) is 5.90. The van der Waals surface area contributed by atoms with Crippen LogP contribution < -0.4 is 11.1 Å². The van der Waals surface area contributed by atoms with Gasteiger partial charge >= 0.3 is 0 Å². The van der Waals surface area contributed by atoms with E-state index in [0.717, 1.165) is 38.7 Å². The van der Waals surface area contributed by atoms with Crippen molar-refractivity contribution in [2.45, 2.75) is 52.4 Å². The zero-order chi connectivity index (χ0) is 13.6. The van der Waals surface area contributed by atoms with Crippen LogP contribution in [-0.2, 0) is 9.53 Å². The van der Waals surface area contributed by atoms with E-state index >= 15 is 0 Å². The summed E-state index contributed by atoms with van der Waals surface area (Å²) in [4.78, 5) is 11.6. The van der Waals surface area contributed by atoms with Crippen molar-refractivity contribution < 1.29 is 9.53 Å². The maximum atomic E-state index is 11.6. The van der Waals surface area contributed by atoms with Crippen molar-refractivity contribution in [3.8, 4) is 0 Å². The number of carbonyl (C=O) groups is 1. The van der Waals surface area contributed by atoms with E-state index in [-0.39, 0.29) is 5.91 Å². The molecule has 1 unspecified atom stereocenters. The second-order valence-corrected chi connectivity index (χ2v) is 4.71.